The molecule has 7 heteroatoms. The van der Waals surface area contributed by atoms with Crippen LogP contribution in [0.1, 0.15) is 18.4 Å². The van der Waals surface area contributed by atoms with Crippen molar-refractivity contribution in [1.29, 1.82) is 0 Å². The summed E-state index contributed by atoms with van der Waals surface area (Å²) in [5.41, 5.74) is 4.47. The molecule has 1 aliphatic rings. The zero-order chi connectivity index (χ0) is 20.3. The molecule has 0 unspecified atom stereocenters. The Morgan fingerprint density at radius 3 is 2.73 bits per heavy atom. The first-order valence-electron chi connectivity index (χ1n) is 10.1. The maximum absolute atomic E-state index is 12.8. The molecule has 152 valence electrons. The number of hydrogen-bond donors (Lipinski definition) is 1. The Morgan fingerprint density at radius 1 is 1.03 bits per heavy atom. The topological polar surface area (TPSA) is 84.4 Å². The lowest BCUT2D eigenvalue weighted by Gasteiger charge is -2.31. The van der Waals surface area contributed by atoms with E-state index < -0.39 is 0 Å². The van der Waals surface area contributed by atoms with Gasteiger partial charge in [0.15, 0.2) is 0 Å². The van der Waals surface area contributed by atoms with Crippen LogP contribution in [0.4, 0.5) is 5.69 Å². The molecule has 3 heterocycles. The van der Waals surface area contributed by atoms with Crippen LogP contribution in [-0.4, -0.2) is 34.2 Å². The number of fused-ring (bicyclic) bond motifs is 1. The second-order valence-corrected chi connectivity index (χ2v) is 7.69. The van der Waals surface area contributed by atoms with Gasteiger partial charge in [0.05, 0.1) is 6.26 Å². The Labute approximate surface area is 173 Å². The Hall–Kier alpha value is -3.45. The first kappa shape index (κ1) is 18.6. The number of rotatable bonds is 5. The number of benzene rings is 2. The third-order valence-electron chi connectivity index (χ3n) is 5.62. The molecule has 0 radical (unpaired) electrons. The smallest absolute Gasteiger partial charge is 0.227 e. The second-order valence-electron chi connectivity index (χ2n) is 7.69. The van der Waals surface area contributed by atoms with Gasteiger partial charge in [-0.2, -0.15) is 0 Å². The van der Waals surface area contributed by atoms with E-state index in [-0.39, 0.29) is 11.8 Å². The molecule has 0 bridgehead atoms. The number of piperidine rings is 1. The zero-order valence-corrected chi connectivity index (χ0v) is 16.5. The second kappa shape index (κ2) is 8.12. The van der Waals surface area contributed by atoms with Gasteiger partial charge >= 0.3 is 0 Å². The van der Waals surface area contributed by atoms with E-state index in [0.717, 1.165) is 60.5 Å². The fourth-order valence-corrected chi connectivity index (χ4v) is 3.97. The minimum absolute atomic E-state index is 0.0238. The van der Waals surface area contributed by atoms with Crippen molar-refractivity contribution >= 4 is 22.6 Å². The number of amides is 1. The lowest BCUT2D eigenvalue weighted by atomic mass is 9.95. The monoisotopic (exact) mass is 402 g/mol. The highest BCUT2D eigenvalue weighted by molar-refractivity contribution is 5.93. The lowest BCUT2D eigenvalue weighted by Crippen LogP contribution is -2.37. The molecule has 1 amide bonds. The van der Waals surface area contributed by atoms with Crippen LogP contribution >= 0.6 is 0 Å². The summed E-state index contributed by atoms with van der Waals surface area (Å²) in [7, 11) is 0. The van der Waals surface area contributed by atoms with Crippen LogP contribution in [0.5, 0.6) is 0 Å². The summed E-state index contributed by atoms with van der Waals surface area (Å²) < 4.78 is 10.2. The number of carbonyl (C=O) groups is 1. The number of hydrogen-bond acceptors (Lipinski definition) is 6. The predicted molar refractivity (Wildman–Crippen MR) is 113 cm³/mol. The van der Waals surface area contributed by atoms with Gasteiger partial charge in [0.2, 0.25) is 5.91 Å². The zero-order valence-electron chi connectivity index (χ0n) is 16.5. The number of carbonyl (C=O) groups excluding carboxylic acids is 1. The number of furan rings is 1. The van der Waals surface area contributed by atoms with Crippen molar-refractivity contribution in [2.45, 2.75) is 19.4 Å². The van der Waals surface area contributed by atoms with Crippen LogP contribution in [0.15, 0.2) is 69.9 Å². The summed E-state index contributed by atoms with van der Waals surface area (Å²) in [6, 6.07) is 17.5. The number of likely N-dealkylation sites (tertiary alicyclic amines) is 1. The highest BCUT2D eigenvalue weighted by Gasteiger charge is 2.25. The Balaban J connectivity index is 1.16. The van der Waals surface area contributed by atoms with Crippen LogP contribution in [0.2, 0.25) is 0 Å². The van der Waals surface area contributed by atoms with E-state index in [4.69, 9.17) is 9.05 Å². The summed E-state index contributed by atoms with van der Waals surface area (Å²) in [5.74, 6) is 0.899. The summed E-state index contributed by atoms with van der Waals surface area (Å²) >= 11 is 0. The van der Waals surface area contributed by atoms with Gasteiger partial charge in [-0.1, -0.05) is 18.2 Å². The molecule has 2 aromatic carbocycles. The van der Waals surface area contributed by atoms with Crippen molar-refractivity contribution in [1.82, 2.24) is 15.2 Å². The quantitative estimate of drug-likeness (QED) is 0.535. The fourth-order valence-electron chi connectivity index (χ4n) is 3.97. The largest absolute Gasteiger partial charge is 0.464 e. The molecule has 0 atom stereocenters. The predicted octanol–water partition coefficient (Wildman–Crippen LogP) is 4.33. The minimum Gasteiger partial charge on any atom is -0.464 e. The van der Waals surface area contributed by atoms with Crippen LogP contribution in [-0.2, 0) is 11.3 Å². The van der Waals surface area contributed by atoms with Crippen LogP contribution < -0.4 is 5.32 Å². The fraction of sp³-hybridized carbons (Fsp3) is 0.261. The van der Waals surface area contributed by atoms with Crippen molar-refractivity contribution in [3.63, 3.8) is 0 Å². The number of nitrogens with zero attached hydrogens (tertiary/aromatic N) is 3. The van der Waals surface area contributed by atoms with E-state index >= 15 is 0 Å². The third kappa shape index (κ3) is 3.97. The van der Waals surface area contributed by atoms with E-state index in [1.807, 2.05) is 48.5 Å². The molecular formula is C23H22N4O3. The average Bonchev–Trinajstić information content (AvgIpc) is 3.46. The number of anilines is 1. The summed E-state index contributed by atoms with van der Waals surface area (Å²) in [4.78, 5) is 15.1. The molecule has 0 saturated carbocycles. The van der Waals surface area contributed by atoms with Gasteiger partial charge in [-0.3, -0.25) is 9.69 Å². The van der Waals surface area contributed by atoms with Gasteiger partial charge < -0.3 is 9.73 Å². The molecule has 1 fully saturated rings. The molecule has 30 heavy (non-hydrogen) atoms. The Kier molecular flexibility index (Phi) is 5.03. The van der Waals surface area contributed by atoms with Crippen molar-refractivity contribution in [2.24, 2.45) is 5.92 Å². The SMILES string of the molecule is O=C(Nc1cccc(-c2ccco2)c1)C1CCN(Cc2ccc3nonc3c2)CC1. The molecule has 7 nitrogen and oxygen atoms in total. The first-order valence-corrected chi connectivity index (χ1v) is 10.1. The van der Waals surface area contributed by atoms with Gasteiger partial charge in [0.1, 0.15) is 16.8 Å². The maximum atomic E-state index is 12.8. The van der Waals surface area contributed by atoms with E-state index in [9.17, 15) is 4.79 Å². The maximum Gasteiger partial charge on any atom is 0.227 e. The van der Waals surface area contributed by atoms with Crippen molar-refractivity contribution in [3.8, 4) is 11.3 Å². The van der Waals surface area contributed by atoms with Gasteiger partial charge in [0, 0.05) is 23.7 Å². The molecule has 4 aromatic rings. The molecule has 1 saturated heterocycles. The van der Waals surface area contributed by atoms with Gasteiger partial charge in [-0.15, -0.1) is 0 Å². The Bertz CT molecular complexity index is 1140. The highest BCUT2D eigenvalue weighted by Crippen LogP contribution is 2.25. The third-order valence-corrected chi connectivity index (χ3v) is 5.62. The standard InChI is InChI=1S/C23H22N4O3/c28-23(24-19-4-1-3-18(14-19)22-5-2-12-29-22)17-8-10-27(11-9-17)15-16-6-7-20-21(13-16)26-30-25-20/h1-7,12-14,17H,8-11,15H2,(H,24,28). The number of aromatic nitrogens is 2. The normalized spacial score (nSPS) is 15.5. The molecule has 0 aliphatic carbocycles. The average molecular weight is 402 g/mol. The molecule has 0 spiro atoms. The first-order chi connectivity index (χ1) is 14.7. The van der Waals surface area contributed by atoms with Crippen molar-refractivity contribution < 1.29 is 13.8 Å². The summed E-state index contributed by atoms with van der Waals surface area (Å²) in [6.07, 6.45) is 3.34. The van der Waals surface area contributed by atoms with E-state index in [2.05, 4.69) is 26.6 Å². The van der Waals surface area contributed by atoms with Crippen LogP contribution in [0, 0.1) is 5.92 Å². The van der Waals surface area contributed by atoms with Crippen LogP contribution in [0.3, 0.4) is 0 Å². The van der Waals surface area contributed by atoms with Crippen LogP contribution in [0.25, 0.3) is 22.4 Å². The van der Waals surface area contributed by atoms with E-state index in [1.54, 1.807) is 6.26 Å². The van der Waals surface area contributed by atoms with E-state index in [0.29, 0.717) is 0 Å². The molecule has 1 N–H and O–H groups in total. The minimum atomic E-state index is 0.0238. The van der Waals surface area contributed by atoms with Gasteiger partial charge in [0.25, 0.3) is 0 Å². The van der Waals surface area contributed by atoms with Crippen molar-refractivity contribution in [2.75, 3.05) is 18.4 Å². The lowest BCUT2D eigenvalue weighted by molar-refractivity contribution is -0.121. The molecule has 2 aromatic heterocycles. The number of nitrogens with one attached hydrogen (secondary N) is 1. The summed E-state index contributed by atoms with van der Waals surface area (Å²) in [6.45, 7) is 2.61. The van der Waals surface area contributed by atoms with Crippen molar-refractivity contribution in [3.05, 3.63) is 66.4 Å². The molecular weight excluding hydrogens is 380 g/mol. The van der Waals surface area contributed by atoms with Gasteiger partial charge in [-0.25, -0.2) is 4.63 Å². The summed E-state index contributed by atoms with van der Waals surface area (Å²) in [5, 5.41) is 10.8. The van der Waals surface area contributed by atoms with E-state index in [1.165, 1.54) is 5.56 Å². The van der Waals surface area contributed by atoms with Gasteiger partial charge in [-0.05, 0) is 78.2 Å². The highest BCUT2D eigenvalue weighted by atomic mass is 16.6. The molecule has 5 rings (SSSR count). The molecule has 1 aliphatic heterocycles. The Morgan fingerprint density at radius 2 is 1.90 bits per heavy atom.